The lowest BCUT2D eigenvalue weighted by Gasteiger charge is -2.29. The van der Waals surface area contributed by atoms with Crippen molar-refractivity contribution in [3.63, 3.8) is 0 Å². The molecule has 1 N–H and O–H groups in total. The minimum atomic E-state index is 0.402. The highest BCUT2D eigenvalue weighted by Crippen LogP contribution is 2.31. The number of hydrogen-bond acceptors (Lipinski definition) is 5. The van der Waals surface area contributed by atoms with Gasteiger partial charge in [-0.3, -0.25) is 0 Å². The molecule has 2 aromatic rings. The van der Waals surface area contributed by atoms with E-state index in [-0.39, 0.29) is 0 Å². The fourth-order valence-corrected chi connectivity index (χ4v) is 3.73. The van der Waals surface area contributed by atoms with Crippen molar-refractivity contribution in [3.05, 3.63) is 22.0 Å². The molecule has 2 fully saturated rings. The van der Waals surface area contributed by atoms with Gasteiger partial charge in [-0.1, -0.05) is 11.6 Å². The largest absolute Gasteiger partial charge is 0.378 e. The zero-order chi connectivity index (χ0) is 16.5. The van der Waals surface area contributed by atoms with Crippen LogP contribution >= 0.6 is 27.5 Å². The molecule has 24 heavy (non-hydrogen) atoms. The number of aromatic nitrogens is 3. The minimum Gasteiger partial charge on any atom is -0.378 e. The van der Waals surface area contributed by atoms with E-state index in [0.717, 1.165) is 53.6 Å². The normalized spacial score (nSPS) is 24.2. The van der Waals surface area contributed by atoms with Gasteiger partial charge >= 0.3 is 0 Å². The molecule has 128 valence electrons. The van der Waals surface area contributed by atoms with Crippen LogP contribution in [0.1, 0.15) is 38.5 Å². The molecule has 2 heterocycles. The van der Waals surface area contributed by atoms with E-state index in [0.29, 0.717) is 23.2 Å². The second-order valence-corrected chi connectivity index (χ2v) is 7.96. The molecule has 0 radical (unpaired) electrons. The highest BCUT2D eigenvalue weighted by Gasteiger charge is 2.26. The van der Waals surface area contributed by atoms with Crippen molar-refractivity contribution < 1.29 is 4.74 Å². The predicted octanol–water partition coefficient (Wildman–Crippen LogP) is 4.59. The highest BCUT2D eigenvalue weighted by atomic mass is 79.9. The Bertz CT molecular complexity index is 732. The quantitative estimate of drug-likeness (QED) is 0.729. The predicted molar refractivity (Wildman–Crippen MR) is 98.4 cm³/mol. The second kappa shape index (κ2) is 7.10. The van der Waals surface area contributed by atoms with Gasteiger partial charge in [-0.25, -0.2) is 15.0 Å². The number of rotatable bonds is 5. The molecule has 2 aliphatic rings. The van der Waals surface area contributed by atoms with E-state index < -0.39 is 0 Å². The molecular formula is C17H20BrClN4O. The van der Waals surface area contributed by atoms with Crippen LogP contribution in [0.5, 0.6) is 0 Å². The summed E-state index contributed by atoms with van der Waals surface area (Å²) < 4.78 is 6.83. The van der Waals surface area contributed by atoms with E-state index in [2.05, 4.69) is 36.2 Å². The molecule has 0 atom stereocenters. The van der Waals surface area contributed by atoms with Gasteiger partial charge in [0.05, 0.1) is 21.5 Å². The van der Waals surface area contributed by atoms with Crippen molar-refractivity contribution in [3.8, 4) is 0 Å². The number of hydrogen-bond donors (Lipinski definition) is 1. The molecule has 0 amide bonds. The minimum absolute atomic E-state index is 0.402. The third-order valence-electron chi connectivity index (χ3n) is 4.80. The fourth-order valence-electron chi connectivity index (χ4n) is 3.14. The molecule has 0 aliphatic heterocycles. The van der Waals surface area contributed by atoms with Gasteiger partial charge in [0.2, 0.25) is 5.95 Å². The maximum atomic E-state index is 6.10. The van der Waals surface area contributed by atoms with Gasteiger partial charge in [0.1, 0.15) is 5.15 Å². The van der Waals surface area contributed by atoms with Gasteiger partial charge in [-0.15, -0.1) is 0 Å². The Morgan fingerprint density at radius 2 is 1.92 bits per heavy atom. The Morgan fingerprint density at radius 3 is 2.67 bits per heavy atom. The van der Waals surface area contributed by atoms with Crippen LogP contribution in [0.2, 0.25) is 5.15 Å². The van der Waals surface area contributed by atoms with Crippen LogP contribution in [0.25, 0.3) is 10.9 Å². The number of halogens is 2. The highest BCUT2D eigenvalue weighted by molar-refractivity contribution is 9.10. The standard InChI is InChI=1S/C17H20BrClN4O/c18-14-8-20-16(19)13-7-21-17(23-15(13)14)22-11-3-5-12(6-4-11)24-9-10-1-2-10/h7-8,10-12H,1-6,9H2,(H,21,22,23)/t11-,12-. The summed E-state index contributed by atoms with van der Waals surface area (Å²) in [6.45, 7) is 0.958. The first-order valence-corrected chi connectivity index (χ1v) is 9.71. The van der Waals surface area contributed by atoms with E-state index in [1.54, 1.807) is 12.4 Å². The average Bonchev–Trinajstić information content (AvgIpc) is 3.42. The third kappa shape index (κ3) is 3.81. The van der Waals surface area contributed by atoms with Crippen LogP contribution in [0.4, 0.5) is 5.95 Å². The van der Waals surface area contributed by atoms with Crippen molar-refractivity contribution in [2.24, 2.45) is 5.92 Å². The van der Waals surface area contributed by atoms with Gasteiger partial charge in [0, 0.05) is 25.0 Å². The summed E-state index contributed by atoms with van der Waals surface area (Å²) in [5.74, 6) is 1.49. The number of fused-ring (bicyclic) bond motifs is 1. The summed E-state index contributed by atoms with van der Waals surface area (Å²) in [6.07, 6.45) is 10.9. The Labute approximate surface area is 154 Å². The molecule has 5 nitrogen and oxygen atoms in total. The Kier molecular flexibility index (Phi) is 4.88. The lowest BCUT2D eigenvalue weighted by atomic mass is 9.93. The van der Waals surface area contributed by atoms with E-state index in [4.69, 9.17) is 16.3 Å². The van der Waals surface area contributed by atoms with Crippen LogP contribution < -0.4 is 5.32 Å². The van der Waals surface area contributed by atoms with Gasteiger partial charge < -0.3 is 10.1 Å². The Hall–Kier alpha value is -0.980. The number of pyridine rings is 1. The first-order valence-electron chi connectivity index (χ1n) is 8.54. The van der Waals surface area contributed by atoms with Gasteiger partial charge in [0.15, 0.2) is 0 Å². The number of nitrogens with zero attached hydrogens (tertiary/aromatic N) is 3. The number of ether oxygens (including phenoxy) is 1. The molecule has 2 aromatic heterocycles. The van der Waals surface area contributed by atoms with Crippen LogP contribution in [0.15, 0.2) is 16.9 Å². The Balaban J connectivity index is 1.37. The molecule has 2 aliphatic carbocycles. The maximum absolute atomic E-state index is 6.10. The number of nitrogens with one attached hydrogen (secondary N) is 1. The van der Waals surface area contributed by atoms with Gasteiger partial charge in [0.25, 0.3) is 0 Å². The molecule has 0 aromatic carbocycles. The topological polar surface area (TPSA) is 59.9 Å². The summed E-state index contributed by atoms with van der Waals surface area (Å²) in [5, 5.41) is 4.64. The van der Waals surface area contributed by atoms with Gasteiger partial charge in [-0.2, -0.15) is 0 Å². The lowest BCUT2D eigenvalue weighted by molar-refractivity contribution is 0.0203. The first-order chi connectivity index (χ1) is 11.7. The zero-order valence-electron chi connectivity index (χ0n) is 13.3. The van der Waals surface area contributed by atoms with Crippen LogP contribution in [0.3, 0.4) is 0 Å². The van der Waals surface area contributed by atoms with Crippen molar-refractivity contribution in [2.45, 2.75) is 50.7 Å². The van der Waals surface area contributed by atoms with E-state index in [9.17, 15) is 0 Å². The monoisotopic (exact) mass is 410 g/mol. The summed E-state index contributed by atoms with van der Waals surface area (Å²) in [6, 6.07) is 0.402. The van der Waals surface area contributed by atoms with Crippen molar-refractivity contribution in [1.29, 1.82) is 0 Å². The van der Waals surface area contributed by atoms with Gasteiger partial charge in [-0.05, 0) is 60.4 Å². The molecule has 4 rings (SSSR count). The molecule has 0 bridgehead atoms. The summed E-state index contributed by atoms with van der Waals surface area (Å²) in [5.41, 5.74) is 0.786. The van der Waals surface area contributed by atoms with Crippen LogP contribution in [0, 0.1) is 5.92 Å². The summed E-state index contributed by atoms with van der Waals surface area (Å²) in [4.78, 5) is 13.1. The van der Waals surface area contributed by atoms with Crippen molar-refractivity contribution in [1.82, 2.24) is 15.0 Å². The van der Waals surface area contributed by atoms with E-state index in [1.165, 1.54) is 12.8 Å². The van der Waals surface area contributed by atoms with Crippen molar-refractivity contribution in [2.75, 3.05) is 11.9 Å². The van der Waals surface area contributed by atoms with Crippen LogP contribution in [-0.2, 0) is 4.74 Å². The average molecular weight is 412 g/mol. The van der Waals surface area contributed by atoms with E-state index in [1.807, 2.05) is 0 Å². The SMILES string of the molecule is Clc1ncc(Br)c2nc(N[C@H]3CC[C@H](OCC4CC4)CC3)ncc12. The Morgan fingerprint density at radius 1 is 1.12 bits per heavy atom. The molecule has 2 saturated carbocycles. The lowest BCUT2D eigenvalue weighted by Crippen LogP contribution is -2.30. The third-order valence-corrected chi connectivity index (χ3v) is 5.68. The van der Waals surface area contributed by atoms with Crippen LogP contribution in [-0.4, -0.2) is 33.7 Å². The molecule has 0 spiro atoms. The molecule has 7 heteroatoms. The molecule has 0 saturated heterocycles. The summed E-state index contributed by atoms with van der Waals surface area (Å²) in [7, 11) is 0. The maximum Gasteiger partial charge on any atom is 0.223 e. The number of anilines is 1. The summed E-state index contributed by atoms with van der Waals surface area (Å²) >= 11 is 9.58. The zero-order valence-corrected chi connectivity index (χ0v) is 15.7. The second-order valence-electron chi connectivity index (χ2n) is 6.75. The van der Waals surface area contributed by atoms with Crippen molar-refractivity contribution >= 4 is 44.4 Å². The first kappa shape index (κ1) is 16.5. The fraction of sp³-hybridized carbons (Fsp3) is 0.588. The molecular weight excluding hydrogens is 392 g/mol. The van der Waals surface area contributed by atoms with E-state index >= 15 is 0 Å². The smallest absolute Gasteiger partial charge is 0.223 e. The molecule has 0 unspecified atom stereocenters.